The summed E-state index contributed by atoms with van der Waals surface area (Å²) >= 11 is 10.6. The van der Waals surface area contributed by atoms with Crippen molar-refractivity contribution in [3.8, 4) is 11.3 Å². The van der Waals surface area contributed by atoms with Gasteiger partial charge in [0.25, 0.3) is 0 Å². The van der Waals surface area contributed by atoms with E-state index in [1.54, 1.807) is 0 Å². The molecule has 5 heteroatoms. The van der Waals surface area contributed by atoms with E-state index in [4.69, 9.17) is 11.6 Å². The van der Waals surface area contributed by atoms with E-state index in [0.717, 1.165) is 17.0 Å². The van der Waals surface area contributed by atoms with Crippen LogP contribution in [0.3, 0.4) is 0 Å². The van der Waals surface area contributed by atoms with Crippen LogP contribution >= 0.6 is 39.3 Å². The Bertz CT molecular complexity index is 444. The van der Waals surface area contributed by atoms with E-state index in [1.807, 2.05) is 24.3 Å². The summed E-state index contributed by atoms with van der Waals surface area (Å²) in [4.78, 5) is 0. The SMILES string of the molecule is Clc1ccccc1-c1nsnc1CBr. The molecule has 0 aliphatic heterocycles. The van der Waals surface area contributed by atoms with Crippen molar-refractivity contribution in [2.75, 3.05) is 0 Å². The molecule has 0 radical (unpaired) electrons. The zero-order valence-corrected chi connectivity index (χ0v) is 10.2. The van der Waals surface area contributed by atoms with Crippen molar-refractivity contribution in [1.82, 2.24) is 8.75 Å². The average molecular weight is 290 g/mol. The van der Waals surface area contributed by atoms with Crippen molar-refractivity contribution in [3.05, 3.63) is 35.0 Å². The Morgan fingerprint density at radius 2 is 2.07 bits per heavy atom. The molecule has 72 valence electrons. The first kappa shape index (κ1) is 10.1. The summed E-state index contributed by atoms with van der Waals surface area (Å²) in [5, 5.41) is 1.41. The van der Waals surface area contributed by atoms with Gasteiger partial charge in [-0.1, -0.05) is 45.7 Å². The molecule has 0 aliphatic carbocycles. The van der Waals surface area contributed by atoms with Gasteiger partial charge in [0, 0.05) is 10.9 Å². The number of benzene rings is 1. The van der Waals surface area contributed by atoms with Gasteiger partial charge in [0.2, 0.25) is 0 Å². The molecular weight excluding hydrogens is 284 g/mol. The minimum Gasteiger partial charge on any atom is -0.177 e. The Morgan fingerprint density at radius 1 is 1.29 bits per heavy atom. The molecule has 1 aromatic heterocycles. The minimum absolute atomic E-state index is 0.698. The van der Waals surface area contributed by atoms with Crippen LogP contribution in [0.4, 0.5) is 0 Å². The Morgan fingerprint density at radius 3 is 2.79 bits per heavy atom. The zero-order valence-electron chi connectivity index (χ0n) is 7.08. The van der Waals surface area contributed by atoms with Gasteiger partial charge in [-0.05, 0) is 6.07 Å². The van der Waals surface area contributed by atoms with E-state index >= 15 is 0 Å². The lowest BCUT2D eigenvalue weighted by atomic mass is 10.1. The Kier molecular flexibility index (Phi) is 3.15. The summed E-state index contributed by atoms with van der Waals surface area (Å²) in [5.74, 6) is 0. The first-order chi connectivity index (χ1) is 6.83. The van der Waals surface area contributed by atoms with E-state index in [-0.39, 0.29) is 0 Å². The molecule has 0 bridgehead atoms. The molecule has 1 aromatic carbocycles. The van der Waals surface area contributed by atoms with Gasteiger partial charge >= 0.3 is 0 Å². The van der Waals surface area contributed by atoms with Crippen LogP contribution in [0.25, 0.3) is 11.3 Å². The fraction of sp³-hybridized carbons (Fsp3) is 0.111. The van der Waals surface area contributed by atoms with E-state index < -0.39 is 0 Å². The van der Waals surface area contributed by atoms with Crippen molar-refractivity contribution < 1.29 is 0 Å². The number of hydrogen-bond donors (Lipinski definition) is 0. The highest BCUT2D eigenvalue weighted by Crippen LogP contribution is 2.29. The monoisotopic (exact) mass is 288 g/mol. The second-order valence-corrected chi connectivity index (χ2v) is 4.17. The minimum atomic E-state index is 0.698. The Hall–Kier alpha value is -0.450. The molecule has 0 N–H and O–H groups in total. The van der Waals surface area contributed by atoms with Crippen LogP contribution < -0.4 is 0 Å². The van der Waals surface area contributed by atoms with Crippen LogP contribution in [0.1, 0.15) is 5.69 Å². The highest BCUT2D eigenvalue weighted by atomic mass is 79.9. The fourth-order valence-corrected chi connectivity index (χ4v) is 2.51. The third-order valence-electron chi connectivity index (χ3n) is 1.81. The first-order valence-corrected chi connectivity index (χ1v) is 6.18. The first-order valence-electron chi connectivity index (χ1n) is 3.95. The maximum atomic E-state index is 6.07. The van der Waals surface area contributed by atoms with Crippen LogP contribution in [-0.2, 0) is 5.33 Å². The molecule has 2 nitrogen and oxygen atoms in total. The predicted molar refractivity (Wildman–Crippen MR) is 63.0 cm³/mol. The summed E-state index contributed by atoms with van der Waals surface area (Å²) in [6, 6.07) is 7.65. The van der Waals surface area contributed by atoms with Crippen molar-refractivity contribution in [3.63, 3.8) is 0 Å². The molecule has 0 fully saturated rings. The van der Waals surface area contributed by atoms with Crippen molar-refractivity contribution in [2.45, 2.75) is 5.33 Å². The number of hydrogen-bond acceptors (Lipinski definition) is 3. The molecule has 0 unspecified atom stereocenters. The molecule has 0 saturated heterocycles. The second-order valence-electron chi connectivity index (χ2n) is 2.67. The van der Waals surface area contributed by atoms with Crippen LogP contribution in [0.5, 0.6) is 0 Å². The van der Waals surface area contributed by atoms with Crippen LogP contribution in [-0.4, -0.2) is 8.75 Å². The molecule has 2 aromatic rings. The van der Waals surface area contributed by atoms with Crippen molar-refractivity contribution >= 4 is 39.3 Å². The van der Waals surface area contributed by atoms with Gasteiger partial charge in [0.15, 0.2) is 0 Å². The molecule has 0 spiro atoms. The molecule has 0 aliphatic rings. The molecule has 0 amide bonds. The maximum Gasteiger partial charge on any atom is 0.110 e. The number of halogens is 2. The largest absolute Gasteiger partial charge is 0.177 e. The van der Waals surface area contributed by atoms with E-state index in [2.05, 4.69) is 24.7 Å². The Balaban J connectivity index is 2.54. The van der Waals surface area contributed by atoms with Crippen LogP contribution in [0, 0.1) is 0 Å². The molecular formula is C9H6BrClN2S. The number of rotatable bonds is 2. The van der Waals surface area contributed by atoms with Gasteiger partial charge in [-0.15, -0.1) is 0 Å². The van der Waals surface area contributed by atoms with Crippen molar-refractivity contribution in [1.29, 1.82) is 0 Å². The standard InChI is InChI=1S/C9H6BrClN2S/c10-5-8-9(13-14-12-8)6-3-1-2-4-7(6)11/h1-4H,5H2. The fourth-order valence-electron chi connectivity index (χ4n) is 1.15. The van der Waals surface area contributed by atoms with E-state index in [1.165, 1.54) is 11.7 Å². The smallest absolute Gasteiger partial charge is 0.110 e. The van der Waals surface area contributed by atoms with E-state index in [0.29, 0.717) is 10.4 Å². The average Bonchev–Trinajstić information content (AvgIpc) is 2.66. The molecule has 1 heterocycles. The highest BCUT2D eigenvalue weighted by molar-refractivity contribution is 9.08. The van der Waals surface area contributed by atoms with Crippen LogP contribution in [0.2, 0.25) is 5.02 Å². The lowest BCUT2D eigenvalue weighted by Crippen LogP contribution is -1.85. The quantitative estimate of drug-likeness (QED) is 0.787. The molecule has 0 atom stereocenters. The normalized spacial score (nSPS) is 10.4. The predicted octanol–water partition coefficient (Wildman–Crippen LogP) is 3.75. The topological polar surface area (TPSA) is 25.8 Å². The van der Waals surface area contributed by atoms with Crippen molar-refractivity contribution in [2.24, 2.45) is 0 Å². The number of nitrogens with zero attached hydrogens (tertiary/aromatic N) is 2. The summed E-state index contributed by atoms with van der Waals surface area (Å²) in [5.41, 5.74) is 2.75. The lowest BCUT2D eigenvalue weighted by molar-refractivity contribution is 1.30. The van der Waals surface area contributed by atoms with Gasteiger partial charge in [-0.2, -0.15) is 8.75 Å². The summed E-state index contributed by atoms with van der Waals surface area (Å²) in [6.45, 7) is 0. The summed E-state index contributed by atoms with van der Waals surface area (Å²) < 4.78 is 8.41. The summed E-state index contributed by atoms with van der Waals surface area (Å²) in [6.07, 6.45) is 0. The maximum absolute atomic E-state index is 6.07. The van der Waals surface area contributed by atoms with Gasteiger partial charge in [0.05, 0.1) is 22.4 Å². The molecule has 0 saturated carbocycles. The van der Waals surface area contributed by atoms with Gasteiger partial charge in [0.1, 0.15) is 5.69 Å². The third kappa shape index (κ3) is 1.82. The number of aromatic nitrogens is 2. The van der Waals surface area contributed by atoms with Gasteiger partial charge in [-0.25, -0.2) is 0 Å². The lowest BCUT2D eigenvalue weighted by Gasteiger charge is -2.00. The Labute approximate surface area is 99.4 Å². The van der Waals surface area contributed by atoms with Gasteiger partial charge in [-0.3, -0.25) is 0 Å². The second kappa shape index (κ2) is 4.38. The summed E-state index contributed by atoms with van der Waals surface area (Å²) in [7, 11) is 0. The zero-order chi connectivity index (χ0) is 9.97. The highest BCUT2D eigenvalue weighted by Gasteiger charge is 2.11. The van der Waals surface area contributed by atoms with Gasteiger partial charge < -0.3 is 0 Å². The molecule has 2 rings (SSSR count). The molecule has 14 heavy (non-hydrogen) atoms. The number of alkyl halides is 1. The van der Waals surface area contributed by atoms with Crippen LogP contribution in [0.15, 0.2) is 24.3 Å². The third-order valence-corrected chi connectivity index (χ3v) is 3.24. The van der Waals surface area contributed by atoms with E-state index in [9.17, 15) is 0 Å².